The van der Waals surface area contributed by atoms with Gasteiger partial charge in [0.15, 0.2) is 6.29 Å². The second-order valence-electron chi connectivity index (χ2n) is 2.36. The van der Waals surface area contributed by atoms with Crippen molar-refractivity contribution in [2.24, 2.45) is 5.73 Å². The molecule has 0 heterocycles. The molecule has 0 saturated heterocycles. The van der Waals surface area contributed by atoms with Crippen LogP contribution in [0.3, 0.4) is 0 Å². The Balaban J connectivity index is 3.03. The molecule has 0 radical (unpaired) electrons. The maximum atomic E-state index is 8.42. The van der Waals surface area contributed by atoms with E-state index in [9.17, 15) is 0 Å². The lowest BCUT2D eigenvalue weighted by Crippen LogP contribution is -2.34. The summed E-state index contributed by atoms with van der Waals surface area (Å²) in [4.78, 5) is 0. The van der Waals surface area contributed by atoms with Crippen LogP contribution in [0.1, 0.15) is 13.3 Å². The summed E-state index contributed by atoms with van der Waals surface area (Å²) in [5.74, 6) is 0. The first-order valence-electron chi connectivity index (χ1n) is 3.46. The molecule has 0 spiro atoms. The zero-order chi connectivity index (χ0) is 7.98. The van der Waals surface area contributed by atoms with Gasteiger partial charge < -0.3 is 21.3 Å². The van der Waals surface area contributed by atoms with E-state index in [1.54, 1.807) is 0 Å². The first kappa shape index (κ1) is 9.84. The van der Waals surface area contributed by atoms with Crippen LogP contribution >= 0.6 is 0 Å². The summed E-state index contributed by atoms with van der Waals surface area (Å²) < 4.78 is 0. The van der Waals surface area contributed by atoms with Crippen LogP contribution in [0.5, 0.6) is 0 Å². The van der Waals surface area contributed by atoms with Crippen molar-refractivity contribution in [3.05, 3.63) is 0 Å². The van der Waals surface area contributed by atoms with Crippen molar-refractivity contribution in [2.75, 3.05) is 13.1 Å². The number of nitrogens with one attached hydrogen (secondary N) is 1. The lowest BCUT2D eigenvalue weighted by Gasteiger charge is -2.10. The molecular weight excluding hydrogens is 132 g/mol. The summed E-state index contributed by atoms with van der Waals surface area (Å²) in [7, 11) is 0. The van der Waals surface area contributed by atoms with E-state index in [1.807, 2.05) is 6.92 Å². The van der Waals surface area contributed by atoms with Crippen LogP contribution < -0.4 is 11.1 Å². The minimum absolute atomic E-state index is 0.249. The molecule has 0 aliphatic rings. The molecule has 0 bridgehead atoms. The Morgan fingerprint density at radius 1 is 1.50 bits per heavy atom. The first-order chi connectivity index (χ1) is 4.66. The van der Waals surface area contributed by atoms with E-state index in [4.69, 9.17) is 15.9 Å². The van der Waals surface area contributed by atoms with Gasteiger partial charge in [-0.25, -0.2) is 0 Å². The monoisotopic (exact) mass is 148 g/mol. The molecule has 1 unspecified atom stereocenters. The zero-order valence-corrected chi connectivity index (χ0v) is 6.25. The molecule has 0 amide bonds. The molecule has 4 heteroatoms. The van der Waals surface area contributed by atoms with Gasteiger partial charge in [0.05, 0.1) is 0 Å². The van der Waals surface area contributed by atoms with E-state index in [1.165, 1.54) is 0 Å². The molecule has 0 aromatic heterocycles. The quantitative estimate of drug-likeness (QED) is 0.362. The Hall–Kier alpha value is -0.160. The molecule has 4 nitrogen and oxygen atoms in total. The van der Waals surface area contributed by atoms with Gasteiger partial charge in [0.2, 0.25) is 0 Å². The number of hydrogen-bond acceptors (Lipinski definition) is 4. The van der Waals surface area contributed by atoms with Gasteiger partial charge in [-0.2, -0.15) is 0 Å². The summed E-state index contributed by atoms with van der Waals surface area (Å²) in [6.07, 6.45) is -0.859. The normalized spacial score (nSPS) is 14.1. The van der Waals surface area contributed by atoms with Gasteiger partial charge in [0.1, 0.15) is 0 Å². The van der Waals surface area contributed by atoms with Crippen molar-refractivity contribution in [2.45, 2.75) is 25.7 Å². The molecule has 0 fully saturated rings. The first-order valence-corrected chi connectivity index (χ1v) is 3.46. The van der Waals surface area contributed by atoms with Gasteiger partial charge in [-0.15, -0.1) is 0 Å². The average molecular weight is 148 g/mol. The fourth-order valence-electron chi connectivity index (χ4n) is 0.542. The molecule has 0 aliphatic heterocycles. The molecule has 1 atom stereocenters. The molecule has 0 aromatic rings. The van der Waals surface area contributed by atoms with Crippen LogP contribution in [-0.4, -0.2) is 35.6 Å². The van der Waals surface area contributed by atoms with Crippen LogP contribution in [0.4, 0.5) is 0 Å². The Morgan fingerprint density at radius 3 is 2.50 bits per heavy atom. The van der Waals surface area contributed by atoms with E-state index >= 15 is 0 Å². The average Bonchev–Trinajstić information content (AvgIpc) is 1.87. The van der Waals surface area contributed by atoms with Gasteiger partial charge in [-0.05, 0) is 6.92 Å². The highest BCUT2D eigenvalue weighted by Crippen LogP contribution is 1.84. The predicted molar refractivity (Wildman–Crippen MR) is 39.4 cm³/mol. The Morgan fingerprint density at radius 2 is 2.10 bits per heavy atom. The highest BCUT2D eigenvalue weighted by atomic mass is 16.5. The van der Waals surface area contributed by atoms with Crippen LogP contribution in [0, 0.1) is 0 Å². The molecule has 0 aliphatic carbocycles. The van der Waals surface area contributed by atoms with Crippen molar-refractivity contribution in [1.29, 1.82) is 0 Å². The summed E-state index contributed by atoms with van der Waals surface area (Å²) in [6.45, 7) is 3.11. The van der Waals surface area contributed by atoms with E-state index in [-0.39, 0.29) is 6.04 Å². The number of hydrogen-bond donors (Lipinski definition) is 4. The lowest BCUT2D eigenvalue weighted by atomic mass is 10.3. The van der Waals surface area contributed by atoms with Crippen LogP contribution in [0.25, 0.3) is 0 Å². The van der Waals surface area contributed by atoms with Crippen molar-refractivity contribution in [3.8, 4) is 0 Å². The van der Waals surface area contributed by atoms with Gasteiger partial charge in [0, 0.05) is 25.6 Å². The second kappa shape index (κ2) is 5.61. The highest BCUT2D eigenvalue weighted by Gasteiger charge is 1.99. The van der Waals surface area contributed by atoms with Gasteiger partial charge >= 0.3 is 0 Å². The molecule has 5 N–H and O–H groups in total. The van der Waals surface area contributed by atoms with E-state index in [0.717, 1.165) is 0 Å². The largest absolute Gasteiger partial charge is 0.368 e. The molecular formula is C6H16N2O2. The third-order valence-corrected chi connectivity index (χ3v) is 1.25. The summed E-state index contributed by atoms with van der Waals surface area (Å²) >= 11 is 0. The number of rotatable bonds is 5. The van der Waals surface area contributed by atoms with Gasteiger partial charge in [-0.1, -0.05) is 0 Å². The third-order valence-electron chi connectivity index (χ3n) is 1.25. The van der Waals surface area contributed by atoms with Gasteiger partial charge in [0.25, 0.3) is 0 Å². The fraction of sp³-hybridized carbons (Fsp3) is 1.00. The Labute approximate surface area is 61.0 Å². The Kier molecular flexibility index (Phi) is 5.52. The zero-order valence-electron chi connectivity index (χ0n) is 6.25. The molecule has 62 valence electrons. The third kappa shape index (κ3) is 5.97. The minimum Gasteiger partial charge on any atom is -0.368 e. The summed E-state index contributed by atoms with van der Waals surface area (Å²) in [5.41, 5.74) is 5.30. The Bertz CT molecular complexity index is 78.1. The molecule has 0 rings (SSSR count). The maximum Gasteiger partial charge on any atom is 0.152 e. The number of aliphatic hydroxyl groups is 2. The standard InChI is InChI=1S/C6H16N2O2/c1-5(4-7)8-3-2-6(9)10/h5-6,8-10H,2-4,7H2,1H3. The van der Waals surface area contributed by atoms with Crippen molar-refractivity contribution in [3.63, 3.8) is 0 Å². The minimum atomic E-state index is -1.21. The van der Waals surface area contributed by atoms with E-state index in [0.29, 0.717) is 19.5 Å². The summed E-state index contributed by atoms with van der Waals surface area (Å²) in [5, 5.41) is 19.9. The van der Waals surface area contributed by atoms with Crippen molar-refractivity contribution < 1.29 is 10.2 Å². The lowest BCUT2D eigenvalue weighted by molar-refractivity contribution is -0.0446. The highest BCUT2D eigenvalue weighted by molar-refractivity contribution is 4.59. The molecule has 0 saturated carbocycles. The maximum absolute atomic E-state index is 8.42. The molecule has 10 heavy (non-hydrogen) atoms. The van der Waals surface area contributed by atoms with E-state index < -0.39 is 6.29 Å². The smallest absolute Gasteiger partial charge is 0.152 e. The number of nitrogens with two attached hydrogens (primary N) is 1. The van der Waals surface area contributed by atoms with Crippen LogP contribution in [-0.2, 0) is 0 Å². The summed E-state index contributed by atoms with van der Waals surface area (Å²) in [6, 6.07) is 0.249. The topological polar surface area (TPSA) is 78.5 Å². The fourth-order valence-corrected chi connectivity index (χ4v) is 0.542. The van der Waals surface area contributed by atoms with Crippen molar-refractivity contribution >= 4 is 0 Å². The van der Waals surface area contributed by atoms with Gasteiger partial charge in [-0.3, -0.25) is 0 Å². The second-order valence-corrected chi connectivity index (χ2v) is 2.36. The SMILES string of the molecule is CC(CN)NCCC(O)O. The van der Waals surface area contributed by atoms with E-state index in [2.05, 4.69) is 5.32 Å². The molecule has 0 aromatic carbocycles. The van der Waals surface area contributed by atoms with Crippen LogP contribution in [0.2, 0.25) is 0 Å². The van der Waals surface area contributed by atoms with Crippen molar-refractivity contribution in [1.82, 2.24) is 5.32 Å². The predicted octanol–water partition coefficient (Wildman–Crippen LogP) is -1.38. The number of aliphatic hydroxyl groups excluding tert-OH is 1. The van der Waals surface area contributed by atoms with Crippen LogP contribution in [0.15, 0.2) is 0 Å².